The zero-order chi connectivity index (χ0) is 18.5. The zero-order valence-electron chi connectivity index (χ0n) is 15.5. The molecule has 0 bridgehead atoms. The van der Waals surface area contributed by atoms with Gasteiger partial charge in [0.1, 0.15) is 0 Å². The first kappa shape index (κ1) is 17.5. The maximum absolute atomic E-state index is 12.9. The van der Waals surface area contributed by atoms with E-state index in [0.29, 0.717) is 0 Å². The second-order valence-corrected chi connectivity index (χ2v) is 7.34. The molecule has 0 spiro atoms. The summed E-state index contributed by atoms with van der Waals surface area (Å²) in [7, 11) is 0. The van der Waals surface area contributed by atoms with Gasteiger partial charge >= 0.3 is 0 Å². The van der Waals surface area contributed by atoms with Crippen molar-refractivity contribution >= 4 is 5.91 Å². The highest BCUT2D eigenvalue weighted by atomic mass is 16.2. The molecule has 1 N–H and O–H groups in total. The molecule has 1 aliphatic rings. The predicted octanol–water partition coefficient (Wildman–Crippen LogP) is 4.74. The van der Waals surface area contributed by atoms with E-state index in [1.54, 1.807) is 0 Å². The Morgan fingerprint density at radius 2 is 1.33 bits per heavy atom. The van der Waals surface area contributed by atoms with Gasteiger partial charge < -0.3 is 5.32 Å². The molecule has 3 aromatic carbocycles. The SMILES string of the molecule is O=C(NCCCc1ccccc1)C1CC1(c1ccccc1)c1ccccc1. The maximum Gasteiger partial charge on any atom is 0.224 e. The Hall–Kier alpha value is -2.87. The van der Waals surface area contributed by atoms with Crippen molar-refractivity contribution < 1.29 is 4.79 Å². The summed E-state index contributed by atoms with van der Waals surface area (Å²) in [6.45, 7) is 0.726. The Balaban J connectivity index is 1.42. The summed E-state index contributed by atoms with van der Waals surface area (Å²) >= 11 is 0. The highest BCUT2D eigenvalue weighted by Crippen LogP contribution is 2.58. The van der Waals surface area contributed by atoms with Crippen molar-refractivity contribution in [3.05, 3.63) is 108 Å². The van der Waals surface area contributed by atoms with Gasteiger partial charge in [-0.2, -0.15) is 0 Å². The molecule has 2 nitrogen and oxygen atoms in total. The summed E-state index contributed by atoms with van der Waals surface area (Å²) < 4.78 is 0. The number of carbonyl (C=O) groups is 1. The number of benzene rings is 3. The van der Waals surface area contributed by atoms with Crippen LogP contribution in [0.1, 0.15) is 29.5 Å². The van der Waals surface area contributed by atoms with Gasteiger partial charge in [-0.05, 0) is 36.0 Å². The molecular weight excluding hydrogens is 330 g/mol. The number of hydrogen-bond acceptors (Lipinski definition) is 1. The topological polar surface area (TPSA) is 29.1 Å². The van der Waals surface area contributed by atoms with Crippen molar-refractivity contribution in [1.82, 2.24) is 5.32 Å². The molecule has 1 unspecified atom stereocenters. The second kappa shape index (κ2) is 7.79. The number of hydrogen-bond donors (Lipinski definition) is 1. The molecule has 0 radical (unpaired) electrons. The van der Waals surface area contributed by atoms with Crippen LogP contribution in [0.25, 0.3) is 0 Å². The molecule has 0 heterocycles. The Morgan fingerprint density at radius 3 is 1.89 bits per heavy atom. The van der Waals surface area contributed by atoms with Crippen LogP contribution in [-0.4, -0.2) is 12.5 Å². The third-order valence-corrected chi connectivity index (χ3v) is 5.64. The van der Waals surface area contributed by atoms with Crippen LogP contribution in [0.2, 0.25) is 0 Å². The molecule has 4 rings (SSSR count). The molecule has 2 heteroatoms. The Morgan fingerprint density at radius 1 is 0.815 bits per heavy atom. The van der Waals surface area contributed by atoms with Crippen LogP contribution >= 0.6 is 0 Å². The van der Waals surface area contributed by atoms with Crippen molar-refractivity contribution in [3.63, 3.8) is 0 Å². The fourth-order valence-corrected chi connectivity index (χ4v) is 4.13. The molecule has 1 saturated carbocycles. The first-order chi connectivity index (χ1) is 13.3. The third-order valence-electron chi connectivity index (χ3n) is 5.64. The standard InChI is InChI=1S/C25H25NO/c27-24(26-18-10-13-20-11-4-1-5-12-20)23-19-25(23,21-14-6-2-7-15-21)22-16-8-3-9-17-22/h1-9,11-12,14-17,23H,10,13,18-19H2,(H,26,27). The minimum absolute atomic E-state index is 0.0130. The van der Waals surface area contributed by atoms with Gasteiger partial charge in [0, 0.05) is 12.0 Å². The molecule has 0 aliphatic heterocycles. The molecule has 1 atom stereocenters. The highest BCUT2D eigenvalue weighted by molar-refractivity contribution is 5.86. The van der Waals surface area contributed by atoms with Gasteiger partial charge in [-0.1, -0.05) is 91.0 Å². The fourth-order valence-electron chi connectivity index (χ4n) is 4.13. The monoisotopic (exact) mass is 355 g/mol. The van der Waals surface area contributed by atoms with E-state index < -0.39 is 0 Å². The van der Waals surface area contributed by atoms with Crippen molar-refractivity contribution in [3.8, 4) is 0 Å². The van der Waals surface area contributed by atoms with Crippen molar-refractivity contribution in [2.24, 2.45) is 5.92 Å². The predicted molar refractivity (Wildman–Crippen MR) is 110 cm³/mol. The lowest BCUT2D eigenvalue weighted by Crippen LogP contribution is -2.30. The first-order valence-electron chi connectivity index (χ1n) is 9.73. The average Bonchev–Trinajstić information content (AvgIpc) is 3.50. The quantitative estimate of drug-likeness (QED) is 0.609. The van der Waals surface area contributed by atoms with E-state index in [9.17, 15) is 4.79 Å². The van der Waals surface area contributed by atoms with Crippen LogP contribution in [0, 0.1) is 5.92 Å². The van der Waals surface area contributed by atoms with E-state index in [0.717, 1.165) is 25.8 Å². The van der Waals surface area contributed by atoms with Gasteiger partial charge in [-0.3, -0.25) is 4.79 Å². The van der Waals surface area contributed by atoms with Gasteiger partial charge in [-0.25, -0.2) is 0 Å². The minimum Gasteiger partial charge on any atom is -0.356 e. The molecule has 136 valence electrons. The van der Waals surface area contributed by atoms with Gasteiger partial charge in [0.25, 0.3) is 0 Å². The number of rotatable bonds is 7. The normalized spacial score (nSPS) is 17.3. The lowest BCUT2D eigenvalue weighted by molar-refractivity contribution is -0.122. The summed E-state index contributed by atoms with van der Waals surface area (Å²) in [5, 5.41) is 3.17. The minimum atomic E-state index is -0.175. The molecule has 3 aromatic rings. The second-order valence-electron chi connectivity index (χ2n) is 7.34. The van der Waals surface area contributed by atoms with Gasteiger partial charge in [0.15, 0.2) is 0 Å². The number of nitrogens with one attached hydrogen (secondary N) is 1. The Bertz CT molecular complexity index is 834. The average molecular weight is 355 g/mol. The van der Waals surface area contributed by atoms with Crippen LogP contribution < -0.4 is 5.32 Å². The molecular formula is C25H25NO. The molecule has 1 aliphatic carbocycles. The summed E-state index contributed by atoms with van der Waals surface area (Å²) in [6.07, 6.45) is 2.84. The van der Waals surface area contributed by atoms with E-state index >= 15 is 0 Å². The van der Waals surface area contributed by atoms with Crippen LogP contribution in [0.4, 0.5) is 0 Å². The number of amides is 1. The van der Waals surface area contributed by atoms with Crippen LogP contribution in [0.15, 0.2) is 91.0 Å². The fraction of sp³-hybridized carbons (Fsp3) is 0.240. The smallest absolute Gasteiger partial charge is 0.224 e. The summed E-state index contributed by atoms with van der Waals surface area (Å²) in [5.41, 5.74) is 3.62. The summed E-state index contributed by atoms with van der Waals surface area (Å²) in [6, 6.07) is 31.3. The van der Waals surface area contributed by atoms with Crippen LogP contribution in [0.5, 0.6) is 0 Å². The van der Waals surface area contributed by atoms with Gasteiger partial charge in [0.05, 0.1) is 5.92 Å². The van der Waals surface area contributed by atoms with E-state index in [2.05, 4.69) is 78.1 Å². The summed E-state index contributed by atoms with van der Waals surface area (Å²) in [5.74, 6) is 0.190. The summed E-state index contributed by atoms with van der Waals surface area (Å²) in [4.78, 5) is 12.9. The van der Waals surface area contributed by atoms with Crippen molar-refractivity contribution in [1.29, 1.82) is 0 Å². The van der Waals surface area contributed by atoms with E-state index in [-0.39, 0.29) is 17.2 Å². The molecule has 1 amide bonds. The lowest BCUT2D eigenvalue weighted by atomic mass is 9.85. The zero-order valence-corrected chi connectivity index (χ0v) is 15.5. The Kier molecular flexibility index (Phi) is 5.06. The molecule has 0 saturated heterocycles. The van der Waals surface area contributed by atoms with Gasteiger partial charge in [0.2, 0.25) is 5.91 Å². The van der Waals surface area contributed by atoms with Crippen LogP contribution in [0.3, 0.4) is 0 Å². The van der Waals surface area contributed by atoms with E-state index in [1.165, 1.54) is 16.7 Å². The van der Waals surface area contributed by atoms with Crippen molar-refractivity contribution in [2.45, 2.75) is 24.7 Å². The Labute approximate surface area is 161 Å². The van der Waals surface area contributed by atoms with Gasteiger partial charge in [-0.15, -0.1) is 0 Å². The third kappa shape index (κ3) is 3.66. The number of carbonyl (C=O) groups excluding carboxylic acids is 1. The van der Waals surface area contributed by atoms with Crippen LogP contribution in [-0.2, 0) is 16.6 Å². The number of aryl methyl sites for hydroxylation is 1. The van der Waals surface area contributed by atoms with E-state index in [1.807, 2.05) is 18.2 Å². The van der Waals surface area contributed by atoms with Crippen molar-refractivity contribution in [2.75, 3.05) is 6.54 Å². The first-order valence-corrected chi connectivity index (χ1v) is 9.73. The molecule has 0 aromatic heterocycles. The van der Waals surface area contributed by atoms with E-state index in [4.69, 9.17) is 0 Å². The molecule has 27 heavy (non-hydrogen) atoms. The largest absolute Gasteiger partial charge is 0.356 e. The lowest BCUT2D eigenvalue weighted by Gasteiger charge is -2.19. The highest BCUT2D eigenvalue weighted by Gasteiger charge is 2.59. The molecule has 1 fully saturated rings. The maximum atomic E-state index is 12.9.